The predicted octanol–water partition coefficient (Wildman–Crippen LogP) is 1.60. The highest BCUT2D eigenvalue weighted by molar-refractivity contribution is 7.88. The van der Waals surface area contributed by atoms with Gasteiger partial charge in [0, 0.05) is 19.6 Å². The minimum atomic E-state index is -3.22. The zero-order chi connectivity index (χ0) is 23.0. The van der Waals surface area contributed by atoms with Gasteiger partial charge in [-0.25, -0.2) is 17.5 Å². The van der Waals surface area contributed by atoms with Crippen LogP contribution in [-0.4, -0.2) is 58.2 Å². The fourth-order valence-electron chi connectivity index (χ4n) is 5.60. The van der Waals surface area contributed by atoms with Crippen LogP contribution in [0.5, 0.6) is 6.01 Å². The summed E-state index contributed by atoms with van der Waals surface area (Å²) in [4.78, 5) is 24.0. The van der Waals surface area contributed by atoms with E-state index in [-0.39, 0.29) is 29.4 Å². The fourth-order valence-corrected chi connectivity index (χ4v) is 6.50. The summed E-state index contributed by atoms with van der Waals surface area (Å²) < 4.78 is 32.9. The van der Waals surface area contributed by atoms with E-state index in [0.717, 1.165) is 25.7 Å². The van der Waals surface area contributed by atoms with Crippen molar-refractivity contribution in [3.63, 3.8) is 0 Å². The summed E-state index contributed by atoms with van der Waals surface area (Å²) in [5.74, 6) is 1.56. The highest BCUT2D eigenvalue weighted by Crippen LogP contribution is 2.45. The largest absolute Gasteiger partial charge is 0.464 e. The summed E-state index contributed by atoms with van der Waals surface area (Å²) in [6, 6.07) is 0.148. The van der Waals surface area contributed by atoms with Gasteiger partial charge in [0.25, 0.3) is 0 Å². The maximum atomic E-state index is 12.7. The number of hydrogen-bond donors (Lipinski definition) is 2. The lowest BCUT2D eigenvalue weighted by Crippen LogP contribution is -2.48. The second-order valence-electron chi connectivity index (χ2n) is 9.02. The second-order valence-corrected chi connectivity index (χ2v) is 11.0. The zero-order valence-corrected chi connectivity index (χ0v) is 19.5. The number of aromatic amines is 1. The lowest BCUT2D eigenvalue weighted by Gasteiger charge is -2.47. The third-order valence-corrected chi connectivity index (χ3v) is 8.19. The number of hydrogen-bond acceptors (Lipinski definition) is 7. The maximum Gasteiger partial charge on any atom is 0.327 e. The Morgan fingerprint density at radius 2 is 2.12 bits per heavy atom. The molecule has 3 N–H and O–H groups in total. The first-order valence-corrected chi connectivity index (χ1v) is 13.0. The van der Waals surface area contributed by atoms with Crippen LogP contribution in [-0.2, 0) is 16.6 Å². The average Bonchev–Trinajstić information content (AvgIpc) is 3.03. The molecule has 176 valence electrons. The molecule has 4 rings (SSSR count). The Balaban J connectivity index is 1.62. The molecule has 10 nitrogen and oxygen atoms in total. The third kappa shape index (κ3) is 4.40. The number of aromatic nitrogens is 4. The molecule has 1 aliphatic carbocycles. The predicted molar refractivity (Wildman–Crippen MR) is 123 cm³/mol. The summed E-state index contributed by atoms with van der Waals surface area (Å²) in [5, 5.41) is 0. The Kier molecular flexibility index (Phi) is 6.30. The van der Waals surface area contributed by atoms with Gasteiger partial charge in [-0.15, -0.1) is 6.58 Å². The van der Waals surface area contributed by atoms with Crippen molar-refractivity contribution in [3.05, 3.63) is 23.1 Å². The van der Waals surface area contributed by atoms with Crippen molar-refractivity contribution >= 4 is 27.0 Å². The van der Waals surface area contributed by atoms with E-state index in [0.29, 0.717) is 49.2 Å². The zero-order valence-electron chi connectivity index (χ0n) is 18.7. The molecule has 11 heteroatoms. The van der Waals surface area contributed by atoms with Crippen LogP contribution in [0.15, 0.2) is 17.4 Å². The molecule has 4 atom stereocenters. The van der Waals surface area contributed by atoms with Crippen LogP contribution < -0.4 is 16.2 Å². The molecule has 2 fully saturated rings. The summed E-state index contributed by atoms with van der Waals surface area (Å²) >= 11 is 0. The number of rotatable bonds is 7. The molecule has 3 heterocycles. The van der Waals surface area contributed by atoms with Gasteiger partial charge in [-0.1, -0.05) is 6.08 Å². The number of anilines is 1. The number of imidazole rings is 1. The van der Waals surface area contributed by atoms with Gasteiger partial charge in [0.2, 0.25) is 10.0 Å². The summed E-state index contributed by atoms with van der Waals surface area (Å²) in [7, 11) is -3.22. The molecule has 2 aromatic rings. The monoisotopic (exact) mass is 464 g/mol. The Labute approximate surface area is 187 Å². The molecular formula is C21H32N6O4S. The van der Waals surface area contributed by atoms with Crippen LogP contribution in [0.4, 0.5) is 5.82 Å². The molecule has 0 aromatic carbocycles. The highest BCUT2D eigenvalue weighted by atomic mass is 32.2. The van der Waals surface area contributed by atoms with Crippen LogP contribution >= 0.6 is 0 Å². The third-order valence-electron chi connectivity index (χ3n) is 6.92. The van der Waals surface area contributed by atoms with Crippen molar-refractivity contribution in [1.29, 1.82) is 0 Å². The molecule has 0 spiro atoms. The number of nitrogens with one attached hydrogen (secondary N) is 1. The van der Waals surface area contributed by atoms with E-state index >= 15 is 0 Å². The minimum absolute atomic E-state index is 0.148. The number of H-pyrrole nitrogens is 1. The minimum Gasteiger partial charge on any atom is -0.464 e. The molecule has 2 aliphatic rings. The van der Waals surface area contributed by atoms with Crippen molar-refractivity contribution in [2.75, 3.05) is 31.7 Å². The van der Waals surface area contributed by atoms with Crippen LogP contribution in [0.2, 0.25) is 0 Å². The number of fused-ring (bicyclic) bond motifs is 2. The molecule has 32 heavy (non-hydrogen) atoms. The Bertz CT molecular complexity index is 1160. The van der Waals surface area contributed by atoms with Crippen molar-refractivity contribution in [3.8, 4) is 6.01 Å². The first-order valence-electron chi connectivity index (χ1n) is 11.2. The van der Waals surface area contributed by atoms with Crippen molar-refractivity contribution in [1.82, 2.24) is 23.8 Å². The van der Waals surface area contributed by atoms with Gasteiger partial charge in [0.05, 0.1) is 12.9 Å². The molecule has 2 aromatic heterocycles. The van der Waals surface area contributed by atoms with Gasteiger partial charge in [-0.2, -0.15) is 9.97 Å². The average molecular weight is 465 g/mol. The molecule has 4 unspecified atom stereocenters. The van der Waals surface area contributed by atoms with E-state index < -0.39 is 10.0 Å². The Hall–Kier alpha value is -2.40. The van der Waals surface area contributed by atoms with E-state index in [2.05, 4.69) is 21.5 Å². The highest BCUT2D eigenvalue weighted by Gasteiger charge is 2.42. The number of sulfonamides is 1. The van der Waals surface area contributed by atoms with E-state index in [1.54, 1.807) is 8.87 Å². The van der Waals surface area contributed by atoms with E-state index in [9.17, 15) is 13.2 Å². The molecule has 1 saturated heterocycles. The van der Waals surface area contributed by atoms with E-state index in [4.69, 9.17) is 10.5 Å². The number of piperidine rings is 1. The number of nitrogens with two attached hydrogens (primary N) is 1. The van der Waals surface area contributed by atoms with Crippen LogP contribution in [0, 0.1) is 23.7 Å². The lowest BCUT2D eigenvalue weighted by molar-refractivity contribution is 0.0465. The maximum absolute atomic E-state index is 12.7. The number of allylic oxidation sites excluding steroid dienone is 1. The van der Waals surface area contributed by atoms with Gasteiger partial charge < -0.3 is 15.5 Å². The van der Waals surface area contributed by atoms with Crippen LogP contribution in [0.1, 0.15) is 32.6 Å². The normalized spacial score (nSPS) is 26.7. The molecule has 1 saturated carbocycles. The Morgan fingerprint density at radius 1 is 1.34 bits per heavy atom. The van der Waals surface area contributed by atoms with Gasteiger partial charge in [0.1, 0.15) is 5.52 Å². The van der Waals surface area contributed by atoms with Crippen LogP contribution in [0.3, 0.4) is 0 Å². The SMILES string of the molecule is C=CCC1CC(Cn2c(=O)[nH]c3c(N)nc(OCC)nc32)CC2CN(S(C)(=O)=O)CCC12. The van der Waals surface area contributed by atoms with Crippen molar-refractivity contribution in [2.45, 2.75) is 39.2 Å². The Morgan fingerprint density at radius 3 is 2.81 bits per heavy atom. The van der Waals surface area contributed by atoms with Gasteiger partial charge in [-0.3, -0.25) is 4.57 Å². The van der Waals surface area contributed by atoms with Gasteiger partial charge in [0.15, 0.2) is 11.5 Å². The molecule has 1 aliphatic heterocycles. The smallest absolute Gasteiger partial charge is 0.327 e. The summed E-state index contributed by atoms with van der Waals surface area (Å²) in [5.41, 5.74) is 6.59. The molecule has 0 amide bonds. The second kappa shape index (κ2) is 8.86. The van der Waals surface area contributed by atoms with E-state index in [1.165, 1.54) is 6.26 Å². The quantitative estimate of drug-likeness (QED) is 0.594. The van der Waals surface area contributed by atoms with Crippen molar-refractivity contribution in [2.24, 2.45) is 23.7 Å². The topological polar surface area (TPSA) is 136 Å². The van der Waals surface area contributed by atoms with Gasteiger partial charge >= 0.3 is 11.7 Å². The van der Waals surface area contributed by atoms with E-state index in [1.807, 2.05) is 13.0 Å². The first kappa shape index (κ1) is 22.8. The summed E-state index contributed by atoms with van der Waals surface area (Å²) in [6.07, 6.45) is 6.82. The van der Waals surface area contributed by atoms with Gasteiger partial charge in [-0.05, 0) is 56.3 Å². The first-order chi connectivity index (χ1) is 15.2. The number of nitrogen functional groups attached to an aromatic ring is 1. The molecular weight excluding hydrogens is 432 g/mol. The standard InChI is InChI=1S/C21H32N6O4S/c1-4-6-14-9-13(10-15-12-26(32(3,29)30)8-7-16(14)15)11-27-19-17(23-21(27)28)18(22)24-20(25-19)31-5-2/h4,13-16H,1,5-12H2,2-3H3,(H,23,28)(H2,22,24,25). The summed E-state index contributed by atoms with van der Waals surface area (Å²) in [6.45, 7) is 7.76. The van der Waals surface area contributed by atoms with Crippen LogP contribution in [0.25, 0.3) is 11.2 Å². The molecule has 0 bridgehead atoms. The fraction of sp³-hybridized carbons (Fsp3) is 0.667. The molecule has 0 radical (unpaired) electrons. The van der Waals surface area contributed by atoms with Crippen molar-refractivity contribution < 1.29 is 13.2 Å². The number of nitrogens with zero attached hydrogens (tertiary/aromatic N) is 4. The lowest BCUT2D eigenvalue weighted by atomic mass is 9.64. The number of ether oxygens (including phenoxy) is 1.